The number of carboxylic acids is 1. The highest BCUT2D eigenvalue weighted by molar-refractivity contribution is 7.90. The Labute approximate surface area is 109 Å². The maximum Gasteiger partial charge on any atom is 0.306 e. The number of aliphatic carboxylic acids is 1. The SMILES string of the molecule is CS(=O)(=O)CCCNCC1CCC(C(=O)O)CC1. The minimum atomic E-state index is -2.85. The molecule has 0 atom stereocenters. The zero-order chi connectivity index (χ0) is 13.6. The Morgan fingerprint density at radius 1 is 1.28 bits per heavy atom. The van der Waals surface area contributed by atoms with Gasteiger partial charge in [0.1, 0.15) is 9.84 Å². The summed E-state index contributed by atoms with van der Waals surface area (Å²) >= 11 is 0. The summed E-state index contributed by atoms with van der Waals surface area (Å²) in [5.41, 5.74) is 0. The lowest BCUT2D eigenvalue weighted by atomic mass is 9.82. The molecular formula is C12H23NO4S. The predicted molar refractivity (Wildman–Crippen MR) is 70.3 cm³/mol. The van der Waals surface area contributed by atoms with Gasteiger partial charge in [-0.1, -0.05) is 0 Å². The molecule has 1 rings (SSSR count). The van der Waals surface area contributed by atoms with Crippen molar-refractivity contribution in [2.75, 3.05) is 25.1 Å². The number of rotatable bonds is 7. The fourth-order valence-electron chi connectivity index (χ4n) is 2.38. The molecule has 0 aromatic carbocycles. The van der Waals surface area contributed by atoms with Crippen LogP contribution in [0.5, 0.6) is 0 Å². The van der Waals surface area contributed by atoms with Gasteiger partial charge in [0.05, 0.1) is 11.7 Å². The van der Waals surface area contributed by atoms with E-state index < -0.39 is 15.8 Å². The van der Waals surface area contributed by atoms with E-state index in [9.17, 15) is 13.2 Å². The first kappa shape index (κ1) is 15.4. The first-order valence-corrected chi connectivity index (χ1v) is 8.56. The van der Waals surface area contributed by atoms with Crippen molar-refractivity contribution < 1.29 is 18.3 Å². The van der Waals surface area contributed by atoms with Gasteiger partial charge in [-0.15, -0.1) is 0 Å². The van der Waals surface area contributed by atoms with E-state index in [4.69, 9.17) is 5.11 Å². The van der Waals surface area contributed by atoms with E-state index >= 15 is 0 Å². The molecule has 18 heavy (non-hydrogen) atoms. The van der Waals surface area contributed by atoms with Crippen molar-refractivity contribution in [1.29, 1.82) is 0 Å². The Hall–Kier alpha value is -0.620. The maximum atomic E-state index is 10.9. The second-order valence-electron chi connectivity index (χ2n) is 5.24. The van der Waals surface area contributed by atoms with Crippen molar-refractivity contribution in [3.63, 3.8) is 0 Å². The molecule has 0 aliphatic heterocycles. The van der Waals surface area contributed by atoms with Gasteiger partial charge in [0.2, 0.25) is 0 Å². The predicted octanol–water partition coefficient (Wildman–Crippen LogP) is 0.902. The monoisotopic (exact) mass is 277 g/mol. The molecule has 0 unspecified atom stereocenters. The highest BCUT2D eigenvalue weighted by Crippen LogP contribution is 2.28. The van der Waals surface area contributed by atoms with Gasteiger partial charge in [0.25, 0.3) is 0 Å². The molecular weight excluding hydrogens is 254 g/mol. The molecule has 1 fully saturated rings. The minimum absolute atomic E-state index is 0.161. The number of hydrogen-bond acceptors (Lipinski definition) is 4. The van der Waals surface area contributed by atoms with Gasteiger partial charge in [0, 0.05) is 6.26 Å². The zero-order valence-corrected chi connectivity index (χ0v) is 11.7. The lowest BCUT2D eigenvalue weighted by molar-refractivity contribution is -0.143. The average molecular weight is 277 g/mol. The van der Waals surface area contributed by atoms with Crippen LogP contribution < -0.4 is 5.32 Å². The fraction of sp³-hybridized carbons (Fsp3) is 0.917. The molecule has 0 amide bonds. The Kier molecular flexibility index (Phi) is 6.08. The largest absolute Gasteiger partial charge is 0.481 e. The molecule has 0 aromatic rings. The van der Waals surface area contributed by atoms with E-state index in [0.29, 0.717) is 18.9 Å². The van der Waals surface area contributed by atoms with Crippen LogP contribution in [-0.4, -0.2) is 44.6 Å². The summed E-state index contributed by atoms with van der Waals surface area (Å²) in [6, 6.07) is 0. The van der Waals surface area contributed by atoms with Crippen molar-refractivity contribution in [3.8, 4) is 0 Å². The number of nitrogens with one attached hydrogen (secondary N) is 1. The van der Waals surface area contributed by atoms with Gasteiger partial charge >= 0.3 is 5.97 Å². The third-order valence-corrected chi connectivity index (χ3v) is 4.53. The molecule has 6 heteroatoms. The minimum Gasteiger partial charge on any atom is -0.481 e. The molecule has 1 aliphatic carbocycles. The third-order valence-electron chi connectivity index (χ3n) is 3.50. The second-order valence-corrected chi connectivity index (χ2v) is 7.50. The first-order valence-electron chi connectivity index (χ1n) is 6.50. The van der Waals surface area contributed by atoms with E-state index in [2.05, 4.69) is 5.32 Å². The maximum absolute atomic E-state index is 10.9. The normalized spacial score (nSPS) is 24.9. The molecule has 1 saturated carbocycles. The summed E-state index contributed by atoms with van der Waals surface area (Å²) < 4.78 is 21.8. The van der Waals surface area contributed by atoms with Gasteiger partial charge < -0.3 is 10.4 Å². The summed E-state index contributed by atoms with van der Waals surface area (Å²) in [7, 11) is -2.85. The highest BCUT2D eigenvalue weighted by Gasteiger charge is 2.25. The van der Waals surface area contributed by atoms with E-state index in [1.54, 1.807) is 0 Å². The van der Waals surface area contributed by atoms with Crippen molar-refractivity contribution in [2.24, 2.45) is 11.8 Å². The van der Waals surface area contributed by atoms with E-state index in [1.807, 2.05) is 0 Å². The van der Waals surface area contributed by atoms with Gasteiger partial charge in [-0.05, 0) is 51.1 Å². The molecule has 0 heterocycles. The summed E-state index contributed by atoms with van der Waals surface area (Å²) in [6.07, 6.45) is 5.34. The summed E-state index contributed by atoms with van der Waals surface area (Å²) in [5, 5.41) is 12.1. The molecule has 106 valence electrons. The third kappa shape index (κ3) is 6.35. The summed E-state index contributed by atoms with van der Waals surface area (Å²) in [6.45, 7) is 1.59. The van der Waals surface area contributed by atoms with Crippen LogP contribution in [0.15, 0.2) is 0 Å². The first-order chi connectivity index (χ1) is 8.38. The Morgan fingerprint density at radius 3 is 2.39 bits per heavy atom. The van der Waals surface area contributed by atoms with Crippen LogP contribution in [-0.2, 0) is 14.6 Å². The van der Waals surface area contributed by atoms with Crippen LogP contribution in [0.1, 0.15) is 32.1 Å². The molecule has 0 spiro atoms. The molecule has 0 radical (unpaired) electrons. The second kappa shape index (κ2) is 7.09. The lowest BCUT2D eigenvalue weighted by Crippen LogP contribution is -2.29. The van der Waals surface area contributed by atoms with Gasteiger partial charge in [-0.3, -0.25) is 4.79 Å². The van der Waals surface area contributed by atoms with Gasteiger partial charge in [-0.25, -0.2) is 8.42 Å². The standard InChI is InChI=1S/C12H23NO4S/c1-18(16,17)8-2-7-13-9-10-3-5-11(6-4-10)12(14)15/h10-11,13H,2-9H2,1H3,(H,14,15). The molecule has 0 bridgehead atoms. The summed E-state index contributed by atoms with van der Waals surface area (Å²) in [5.74, 6) is -0.0638. The fourth-order valence-corrected chi connectivity index (χ4v) is 3.05. The van der Waals surface area contributed by atoms with Crippen LogP contribution in [0.3, 0.4) is 0 Å². The average Bonchev–Trinajstić information content (AvgIpc) is 2.27. The van der Waals surface area contributed by atoms with Crippen molar-refractivity contribution in [2.45, 2.75) is 32.1 Å². The Bertz CT molecular complexity index is 358. The highest BCUT2D eigenvalue weighted by atomic mass is 32.2. The number of carbonyl (C=O) groups is 1. The van der Waals surface area contributed by atoms with Crippen LogP contribution in [0, 0.1) is 11.8 Å². The van der Waals surface area contributed by atoms with Crippen molar-refractivity contribution in [1.82, 2.24) is 5.32 Å². The van der Waals surface area contributed by atoms with E-state index in [1.165, 1.54) is 6.26 Å². The lowest BCUT2D eigenvalue weighted by Gasteiger charge is -2.26. The van der Waals surface area contributed by atoms with Crippen LogP contribution >= 0.6 is 0 Å². The van der Waals surface area contributed by atoms with E-state index in [0.717, 1.165) is 32.2 Å². The molecule has 0 saturated heterocycles. The molecule has 5 nitrogen and oxygen atoms in total. The zero-order valence-electron chi connectivity index (χ0n) is 10.9. The number of hydrogen-bond donors (Lipinski definition) is 2. The summed E-state index contributed by atoms with van der Waals surface area (Å²) in [4.78, 5) is 10.8. The van der Waals surface area contributed by atoms with Crippen LogP contribution in [0.4, 0.5) is 0 Å². The smallest absolute Gasteiger partial charge is 0.306 e. The number of sulfone groups is 1. The van der Waals surface area contributed by atoms with Crippen molar-refractivity contribution >= 4 is 15.8 Å². The van der Waals surface area contributed by atoms with Crippen LogP contribution in [0.25, 0.3) is 0 Å². The van der Waals surface area contributed by atoms with Gasteiger partial charge in [-0.2, -0.15) is 0 Å². The molecule has 2 N–H and O–H groups in total. The van der Waals surface area contributed by atoms with Crippen LogP contribution in [0.2, 0.25) is 0 Å². The van der Waals surface area contributed by atoms with E-state index in [-0.39, 0.29) is 11.7 Å². The van der Waals surface area contributed by atoms with Gasteiger partial charge in [0.15, 0.2) is 0 Å². The quantitative estimate of drug-likeness (QED) is 0.676. The Morgan fingerprint density at radius 2 is 1.89 bits per heavy atom. The van der Waals surface area contributed by atoms with Crippen molar-refractivity contribution in [3.05, 3.63) is 0 Å². The Balaban J connectivity index is 2.06. The number of carboxylic acid groups (broad SMARTS) is 1. The molecule has 0 aromatic heterocycles. The topological polar surface area (TPSA) is 83.5 Å². The molecule has 1 aliphatic rings.